The quantitative estimate of drug-likeness (QED) is 0.234. The SMILES string of the molecule is CCCCOC(C#CC(N)=O)C(OCCCC)(OCCCC)OCCCC. The van der Waals surface area contributed by atoms with Crippen molar-refractivity contribution in [3.63, 3.8) is 0 Å². The standard InChI is InChI=1S/C21H39NO5/c1-5-9-15-24-19(13-14-20(22)23)21(25-16-10-6-2,26-17-11-7-3)27-18-12-8-4/h19H,5-12,15-18H2,1-4H3,(H2,22,23). The number of amides is 1. The molecule has 6 nitrogen and oxygen atoms in total. The first-order chi connectivity index (χ1) is 13.1. The largest absolute Gasteiger partial charge is 0.359 e. The molecule has 27 heavy (non-hydrogen) atoms. The molecule has 2 N–H and O–H groups in total. The Bertz CT molecular complexity index is 403. The van der Waals surface area contributed by atoms with Gasteiger partial charge in [0, 0.05) is 6.61 Å². The number of ether oxygens (including phenoxy) is 4. The van der Waals surface area contributed by atoms with Gasteiger partial charge in [0.05, 0.1) is 19.8 Å². The second kappa shape index (κ2) is 17.0. The molecule has 1 unspecified atom stereocenters. The van der Waals surface area contributed by atoms with Gasteiger partial charge in [-0.1, -0.05) is 59.3 Å². The van der Waals surface area contributed by atoms with Crippen molar-refractivity contribution in [3.8, 4) is 11.8 Å². The van der Waals surface area contributed by atoms with Gasteiger partial charge < -0.3 is 24.7 Å². The lowest BCUT2D eigenvalue weighted by Crippen LogP contribution is -2.51. The third kappa shape index (κ3) is 12.0. The highest BCUT2D eigenvalue weighted by molar-refractivity contribution is 5.92. The lowest BCUT2D eigenvalue weighted by atomic mass is 10.2. The zero-order valence-corrected chi connectivity index (χ0v) is 17.7. The topological polar surface area (TPSA) is 80.0 Å². The van der Waals surface area contributed by atoms with E-state index in [0.717, 1.165) is 51.4 Å². The minimum atomic E-state index is -1.45. The Morgan fingerprint density at radius 1 is 0.815 bits per heavy atom. The molecule has 1 amide bonds. The normalized spacial score (nSPS) is 12.4. The Morgan fingerprint density at radius 2 is 1.22 bits per heavy atom. The first-order valence-electron chi connectivity index (χ1n) is 10.4. The van der Waals surface area contributed by atoms with Crippen LogP contribution in [0.4, 0.5) is 0 Å². The van der Waals surface area contributed by atoms with Crippen LogP contribution in [-0.2, 0) is 23.7 Å². The molecule has 0 aliphatic carbocycles. The maximum Gasteiger partial charge on any atom is 0.322 e. The van der Waals surface area contributed by atoms with E-state index in [1.54, 1.807) is 0 Å². The molecule has 0 rings (SSSR count). The van der Waals surface area contributed by atoms with Gasteiger partial charge in [-0.3, -0.25) is 4.79 Å². The first-order valence-corrected chi connectivity index (χ1v) is 10.4. The molecular formula is C21H39NO5. The van der Waals surface area contributed by atoms with Crippen molar-refractivity contribution < 1.29 is 23.7 Å². The first kappa shape index (κ1) is 25.9. The minimum Gasteiger partial charge on any atom is -0.359 e. The molecule has 0 spiro atoms. The van der Waals surface area contributed by atoms with E-state index in [9.17, 15) is 4.79 Å². The van der Waals surface area contributed by atoms with Crippen LogP contribution >= 0.6 is 0 Å². The number of carbonyl (C=O) groups is 1. The van der Waals surface area contributed by atoms with Crippen molar-refractivity contribution >= 4 is 5.91 Å². The highest BCUT2D eigenvalue weighted by Crippen LogP contribution is 2.25. The summed E-state index contributed by atoms with van der Waals surface area (Å²) in [7, 11) is 0. The van der Waals surface area contributed by atoms with Crippen LogP contribution < -0.4 is 5.73 Å². The summed E-state index contributed by atoms with van der Waals surface area (Å²) in [6.45, 7) is 10.2. The third-order valence-corrected chi connectivity index (χ3v) is 3.83. The van der Waals surface area contributed by atoms with Gasteiger partial charge in [0.1, 0.15) is 0 Å². The number of carbonyl (C=O) groups excluding carboxylic acids is 1. The Kier molecular flexibility index (Phi) is 16.3. The Hall–Kier alpha value is -1.13. The van der Waals surface area contributed by atoms with E-state index in [4.69, 9.17) is 24.7 Å². The lowest BCUT2D eigenvalue weighted by molar-refractivity contribution is -0.409. The Morgan fingerprint density at radius 3 is 1.59 bits per heavy atom. The second-order valence-corrected chi connectivity index (χ2v) is 6.45. The molecule has 1 atom stereocenters. The Balaban J connectivity index is 5.59. The van der Waals surface area contributed by atoms with Crippen molar-refractivity contribution in [1.29, 1.82) is 0 Å². The van der Waals surface area contributed by atoms with Gasteiger partial charge in [0.15, 0.2) is 6.10 Å². The van der Waals surface area contributed by atoms with Crippen LogP contribution in [0.15, 0.2) is 0 Å². The summed E-state index contributed by atoms with van der Waals surface area (Å²) >= 11 is 0. The smallest absolute Gasteiger partial charge is 0.322 e. The van der Waals surface area contributed by atoms with Crippen molar-refractivity contribution in [2.75, 3.05) is 26.4 Å². The van der Waals surface area contributed by atoms with Crippen molar-refractivity contribution in [3.05, 3.63) is 0 Å². The van der Waals surface area contributed by atoms with Gasteiger partial charge in [-0.25, -0.2) is 0 Å². The fraction of sp³-hybridized carbons (Fsp3) is 0.857. The summed E-state index contributed by atoms with van der Waals surface area (Å²) in [5.41, 5.74) is 5.21. The molecule has 6 heteroatoms. The molecule has 0 aliphatic heterocycles. The molecule has 0 aromatic heterocycles. The van der Waals surface area contributed by atoms with E-state index < -0.39 is 18.0 Å². The van der Waals surface area contributed by atoms with Crippen LogP contribution in [-0.4, -0.2) is 44.4 Å². The number of unbranched alkanes of at least 4 members (excludes halogenated alkanes) is 4. The van der Waals surface area contributed by atoms with Crippen molar-refractivity contribution in [2.45, 2.75) is 91.1 Å². The zero-order valence-electron chi connectivity index (χ0n) is 17.7. The molecule has 0 heterocycles. The van der Waals surface area contributed by atoms with E-state index >= 15 is 0 Å². The summed E-state index contributed by atoms with van der Waals surface area (Å²) < 4.78 is 24.1. The monoisotopic (exact) mass is 385 g/mol. The van der Waals surface area contributed by atoms with Gasteiger partial charge >= 0.3 is 5.97 Å². The van der Waals surface area contributed by atoms with Crippen LogP contribution in [0.25, 0.3) is 0 Å². The number of hydrogen-bond donors (Lipinski definition) is 1. The summed E-state index contributed by atoms with van der Waals surface area (Å²) in [6, 6.07) is 0. The predicted octanol–water partition coefficient (Wildman–Crippen LogP) is 3.76. The lowest BCUT2D eigenvalue weighted by Gasteiger charge is -2.37. The number of rotatable bonds is 17. The molecule has 0 saturated carbocycles. The average molecular weight is 386 g/mol. The number of nitrogens with two attached hydrogens (primary N) is 1. The maximum absolute atomic E-state index is 11.2. The van der Waals surface area contributed by atoms with E-state index in [-0.39, 0.29) is 0 Å². The van der Waals surface area contributed by atoms with Crippen LogP contribution in [0.2, 0.25) is 0 Å². The van der Waals surface area contributed by atoms with Gasteiger partial charge in [-0.05, 0) is 31.6 Å². The average Bonchev–Trinajstić information content (AvgIpc) is 2.64. The van der Waals surface area contributed by atoms with E-state index in [2.05, 4.69) is 39.5 Å². The predicted molar refractivity (Wildman–Crippen MR) is 107 cm³/mol. The summed E-state index contributed by atoms with van der Waals surface area (Å²) in [6.07, 6.45) is 6.53. The van der Waals surface area contributed by atoms with Crippen LogP contribution in [0, 0.1) is 11.8 Å². The molecule has 0 fully saturated rings. The summed E-state index contributed by atoms with van der Waals surface area (Å²) in [5, 5.41) is 0. The molecule has 0 aromatic carbocycles. The zero-order chi connectivity index (χ0) is 20.4. The molecule has 0 radical (unpaired) electrons. The molecule has 0 aliphatic rings. The number of primary amides is 1. The molecule has 0 aromatic rings. The molecular weight excluding hydrogens is 346 g/mol. The van der Waals surface area contributed by atoms with Crippen LogP contribution in [0.1, 0.15) is 79.1 Å². The highest BCUT2D eigenvalue weighted by atomic mass is 16.9. The Labute approximate surface area is 165 Å². The summed E-state index contributed by atoms with van der Waals surface area (Å²) in [5.74, 6) is 2.98. The van der Waals surface area contributed by atoms with Gasteiger partial charge in [-0.2, -0.15) is 0 Å². The van der Waals surface area contributed by atoms with E-state index in [1.807, 2.05) is 0 Å². The third-order valence-electron chi connectivity index (χ3n) is 3.83. The molecule has 0 saturated heterocycles. The minimum absolute atomic E-state index is 0.459. The van der Waals surface area contributed by atoms with Gasteiger partial charge in [0.2, 0.25) is 0 Å². The second-order valence-electron chi connectivity index (χ2n) is 6.45. The molecule has 158 valence electrons. The van der Waals surface area contributed by atoms with E-state index in [1.165, 1.54) is 0 Å². The van der Waals surface area contributed by atoms with Gasteiger partial charge in [-0.15, -0.1) is 0 Å². The number of hydrogen-bond acceptors (Lipinski definition) is 5. The maximum atomic E-state index is 11.2. The summed E-state index contributed by atoms with van der Waals surface area (Å²) in [4.78, 5) is 11.2. The molecule has 0 bridgehead atoms. The fourth-order valence-corrected chi connectivity index (χ4v) is 2.14. The van der Waals surface area contributed by atoms with E-state index in [0.29, 0.717) is 26.4 Å². The van der Waals surface area contributed by atoms with Crippen molar-refractivity contribution in [1.82, 2.24) is 0 Å². The van der Waals surface area contributed by atoms with Crippen molar-refractivity contribution in [2.24, 2.45) is 5.73 Å². The van der Waals surface area contributed by atoms with Crippen LogP contribution in [0.5, 0.6) is 0 Å². The van der Waals surface area contributed by atoms with Gasteiger partial charge in [0.25, 0.3) is 5.91 Å². The van der Waals surface area contributed by atoms with Crippen LogP contribution in [0.3, 0.4) is 0 Å². The fourth-order valence-electron chi connectivity index (χ4n) is 2.14. The highest BCUT2D eigenvalue weighted by Gasteiger charge is 2.43.